The van der Waals surface area contributed by atoms with Crippen molar-refractivity contribution in [1.29, 1.82) is 0 Å². The van der Waals surface area contributed by atoms with Crippen molar-refractivity contribution in [1.82, 2.24) is 9.80 Å². The number of hydrogen-bond acceptors (Lipinski definition) is 4. The number of Topliss-reactive ketones (excluding diaryl/α,β-unsaturated/α-hetero) is 1. The Balaban J connectivity index is 1.90. The van der Waals surface area contributed by atoms with Crippen LogP contribution in [-0.2, 0) is 22.4 Å². The van der Waals surface area contributed by atoms with E-state index in [2.05, 4.69) is 6.92 Å². The van der Waals surface area contributed by atoms with Gasteiger partial charge in [0.2, 0.25) is 0 Å². The van der Waals surface area contributed by atoms with E-state index < -0.39 is 17.7 Å². The number of likely N-dealkylation sites (N-methyl/N-ethyl adjacent to an activating group) is 1. The number of amides is 1. The van der Waals surface area contributed by atoms with Gasteiger partial charge in [-0.25, -0.2) is 0 Å². The van der Waals surface area contributed by atoms with E-state index in [0.717, 1.165) is 17.5 Å². The van der Waals surface area contributed by atoms with Crippen LogP contribution in [0.2, 0.25) is 0 Å². The summed E-state index contributed by atoms with van der Waals surface area (Å²) in [6.45, 7) is 3.17. The Bertz CT molecular complexity index is 917. The van der Waals surface area contributed by atoms with Gasteiger partial charge in [-0.05, 0) is 43.6 Å². The van der Waals surface area contributed by atoms with Crippen LogP contribution in [-0.4, -0.2) is 53.8 Å². The third-order valence-electron chi connectivity index (χ3n) is 5.58. The standard InChI is InChI=1S/C25H30N2O3/c1-4-18-10-13-20(14-11-18)23-22(21(28)15-12-19-8-6-5-7-9-19)24(29)25(30)27(23)17-16-26(2)3/h5-11,13-14,23,29H,4,12,15-17H2,1-3H3. The van der Waals surface area contributed by atoms with Crippen molar-refractivity contribution in [3.8, 4) is 0 Å². The average molecular weight is 407 g/mol. The van der Waals surface area contributed by atoms with Gasteiger partial charge in [-0.1, -0.05) is 61.5 Å². The first-order valence-electron chi connectivity index (χ1n) is 10.5. The second-order valence-electron chi connectivity index (χ2n) is 7.97. The minimum Gasteiger partial charge on any atom is -0.503 e. The van der Waals surface area contributed by atoms with E-state index in [9.17, 15) is 14.7 Å². The highest BCUT2D eigenvalue weighted by Gasteiger charge is 2.42. The summed E-state index contributed by atoms with van der Waals surface area (Å²) in [6.07, 6.45) is 1.74. The van der Waals surface area contributed by atoms with E-state index in [1.165, 1.54) is 5.56 Å². The zero-order valence-electron chi connectivity index (χ0n) is 18.0. The maximum absolute atomic E-state index is 13.2. The predicted octanol–water partition coefficient (Wildman–Crippen LogP) is 3.71. The maximum Gasteiger partial charge on any atom is 0.290 e. The summed E-state index contributed by atoms with van der Waals surface area (Å²) < 4.78 is 0. The number of ketones is 1. The first-order chi connectivity index (χ1) is 14.4. The summed E-state index contributed by atoms with van der Waals surface area (Å²) in [6, 6.07) is 17.2. The van der Waals surface area contributed by atoms with Gasteiger partial charge in [-0.2, -0.15) is 0 Å². The Hall–Kier alpha value is -2.92. The van der Waals surface area contributed by atoms with E-state index in [-0.39, 0.29) is 17.8 Å². The molecule has 3 rings (SSSR count). The molecule has 0 saturated carbocycles. The number of rotatable bonds is 9. The molecule has 0 radical (unpaired) electrons. The van der Waals surface area contributed by atoms with Crippen LogP contribution in [0.4, 0.5) is 0 Å². The molecule has 1 aliphatic heterocycles. The van der Waals surface area contributed by atoms with E-state index in [1.807, 2.05) is 73.6 Å². The summed E-state index contributed by atoms with van der Waals surface area (Å²) in [7, 11) is 3.87. The molecule has 5 nitrogen and oxygen atoms in total. The highest BCUT2D eigenvalue weighted by Crippen LogP contribution is 2.38. The van der Waals surface area contributed by atoms with Crippen LogP contribution in [0, 0.1) is 0 Å². The molecule has 30 heavy (non-hydrogen) atoms. The molecule has 2 aromatic rings. The molecule has 0 fully saturated rings. The summed E-state index contributed by atoms with van der Waals surface area (Å²) >= 11 is 0. The number of benzene rings is 2. The van der Waals surface area contributed by atoms with Crippen LogP contribution in [0.25, 0.3) is 0 Å². The molecule has 1 heterocycles. The fourth-order valence-electron chi connectivity index (χ4n) is 3.80. The minimum atomic E-state index is -0.549. The number of carbonyl (C=O) groups is 2. The third kappa shape index (κ3) is 4.79. The van der Waals surface area contributed by atoms with E-state index in [0.29, 0.717) is 19.5 Å². The van der Waals surface area contributed by atoms with Crippen molar-refractivity contribution in [2.75, 3.05) is 27.2 Å². The quantitative estimate of drug-likeness (QED) is 0.690. The SMILES string of the molecule is CCc1ccc(C2C(C(=O)CCc3ccccc3)=C(O)C(=O)N2CCN(C)C)cc1. The molecule has 2 aromatic carbocycles. The molecule has 0 aromatic heterocycles. The normalized spacial score (nSPS) is 16.6. The Morgan fingerprint density at radius 3 is 2.30 bits per heavy atom. The molecule has 1 atom stereocenters. The van der Waals surface area contributed by atoms with Gasteiger partial charge >= 0.3 is 0 Å². The Kier molecular flexibility index (Phi) is 7.06. The number of aryl methyl sites for hydroxylation is 2. The Labute approximate surface area is 178 Å². The van der Waals surface area contributed by atoms with Crippen molar-refractivity contribution in [2.24, 2.45) is 0 Å². The number of carbonyl (C=O) groups excluding carboxylic acids is 2. The lowest BCUT2D eigenvalue weighted by atomic mass is 9.92. The van der Waals surface area contributed by atoms with Crippen LogP contribution in [0.15, 0.2) is 65.9 Å². The molecule has 1 N–H and O–H groups in total. The van der Waals surface area contributed by atoms with Crippen molar-refractivity contribution >= 4 is 11.7 Å². The van der Waals surface area contributed by atoms with Crippen LogP contribution in [0.3, 0.4) is 0 Å². The van der Waals surface area contributed by atoms with Crippen molar-refractivity contribution < 1.29 is 14.7 Å². The van der Waals surface area contributed by atoms with E-state index in [4.69, 9.17) is 0 Å². The van der Waals surface area contributed by atoms with Crippen molar-refractivity contribution in [3.05, 3.63) is 82.6 Å². The van der Waals surface area contributed by atoms with Gasteiger partial charge in [-0.15, -0.1) is 0 Å². The van der Waals surface area contributed by atoms with Crippen molar-refractivity contribution in [3.63, 3.8) is 0 Å². The maximum atomic E-state index is 13.2. The van der Waals surface area contributed by atoms with E-state index >= 15 is 0 Å². The molecule has 0 spiro atoms. The highest BCUT2D eigenvalue weighted by molar-refractivity contribution is 6.09. The monoisotopic (exact) mass is 406 g/mol. The summed E-state index contributed by atoms with van der Waals surface area (Å²) in [5, 5.41) is 10.6. The van der Waals surface area contributed by atoms with Crippen LogP contribution < -0.4 is 0 Å². The lowest BCUT2D eigenvalue weighted by Crippen LogP contribution is -2.36. The molecule has 1 amide bonds. The van der Waals surface area contributed by atoms with Gasteiger partial charge in [0.15, 0.2) is 11.5 Å². The number of aliphatic hydroxyl groups excluding tert-OH is 1. The summed E-state index contributed by atoms with van der Waals surface area (Å²) in [5.41, 5.74) is 3.32. The average Bonchev–Trinajstić information content (AvgIpc) is 3.01. The first kappa shape index (κ1) is 21.8. The van der Waals surface area contributed by atoms with Crippen LogP contribution in [0.5, 0.6) is 0 Å². The fourth-order valence-corrected chi connectivity index (χ4v) is 3.80. The summed E-state index contributed by atoms with van der Waals surface area (Å²) in [5.74, 6) is -1.05. The van der Waals surface area contributed by atoms with Gasteiger partial charge in [0, 0.05) is 19.5 Å². The molecule has 5 heteroatoms. The number of nitrogens with zero attached hydrogens (tertiary/aromatic N) is 2. The molecule has 0 bridgehead atoms. The zero-order valence-corrected chi connectivity index (χ0v) is 18.0. The number of aliphatic hydroxyl groups is 1. The Morgan fingerprint density at radius 2 is 1.70 bits per heavy atom. The lowest BCUT2D eigenvalue weighted by molar-refractivity contribution is -0.129. The predicted molar refractivity (Wildman–Crippen MR) is 118 cm³/mol. The molecule has 158 valence electrons. The topological polar surface area (TPSA) is 60.9 Å². The second-order valence-corrected chi connectivity index (χ2v) is 7.97. The fraction of sp³-hybridized carbons (Fsp3) is 0.360. The first-order valence-corrected chi connectivity index (χ1v) is 10.5. The highest BCUT2D eigenvalue weighted by atomic mass is 16.3. The van der Waals surface area contributed by atoms with Gasteiger partial charge < -0.3 is 14.9 Å². The number of hydrogen-bond donors (Lipinski definition) is 1. The molecular formula is C25H30N2O3. The summed E-state index contributed by atoms with van der Waals surface area (Å²) in [4.78, 5) is 29.6. The molecular weight excluding hydrogens is 376 g/mol. The van der Waals surface area contributed by atoms with Gasteiger partial charge in [0.1, 0.15) is 0 Å². The van der Waals surface area contributed by atoms with Crippen LogP contribution in [0.1, 0.15) is 36.1 Å². The van der Waals surface area contributed by atoms with Crippen LogP contribution >= 0.6 is 0 Å². The third-order valence-corrected chi connectivity index (χ3v) is 5.58. The van der Waals surface area contributed by atoms with Gasteiger partial charge in [0.25, 0.3) is 5.91 Å². The molecule has 1 unspecified atom stereocenters. The second kappa shape index (κ2) is 9.72. The lowest BCUT2D eigenvalue weighted by Gasteiger charge is -2.28. The van der Waals surface area contributed by atoms with Crippen molar-refractivity contribution in [2.45, 2.75) is 32.2 Å². The molecule has 1 aliphatic rings. The minimum absolute atomic E-state index is 0.179. The Morgan fingerprint density at radius 1 is 1.03 bits per heavy atom. The van der Waals surface area contributed by atoms with Gasteiger partial charge in [0.05, 0.1) is 11.6 Å². The smallest absolute Gasteiger partial charge is 0.290 e. The van der Waals surface area contributed by atoms with E-state index in [1.54, 1.807) is 4.90 Å². The molecule has 0 aliphatic carbocycles. The molecule has 0 saturated heterocycles. The van der Waals surface area contributed by atoms with Gasteiger partial charge in [-0.3, -0.25) is 9.59 Å². The zero-order chi connectivity index (χ0) is 21.7. The largest absolute Gasteiger partial charge is 0.503 e.